The van der Waals surface area contributed by atoms with E-state index in [4.69, 9.17) is 0 Å². The molecule has 1 atom stereocenters. The van der Waals surface area contributed by atoms with E-state index in [2.05, 4.69) is 5.32 Å². The number of hydrogen-bond donors (Lipinski definition) is 1. The summed E-state index contributed by atoms with van der Waals surface area (Å²) in [7, 11) is 1.89. The van der Waals surface area contributed by atoms with Gasteiger partial charge < -0.3 is 14.8 Å². The lowest BCUT2D eigenvalue weighted by Crippen LogP contribution is -2.45. The Labute approximate surface area is 135 Å². The average molecular weight is 311 g/mol. The number of aromatic nitrogens is 1. The molecule has 0 radical (unpaired) electrons. The molecule has 1 aromatic carbocycles. The molecule has 1 N–H and O–H groups in total. The molecule has 3 rings (SSSR count). The van der Waals surface area contributed by atoms with E-state index in [0.29, 0.717) is 18.8 Å². The van der Waals surface area contributed by atoms with Crippen LogP contribution in [0.4, 0.5) is 0 Å². The summed E-state index contributed by atoms with van der Waals surface area (Å²) in [6.07, 6.45) is 0.776. The second-order valence-corrected chi connectivity index (χ2v) is 5.85. The van der Waals surface area contributed by atoms with Gasteiger partial charge in [0.25, 0.3) is 5.91 Å². The molecule has 1 aromatic heterocycles. The Morgan fingerprint density at radius 1 is 1.17 bits per heavy atom. The van der Waals surface area contributed by atoms with Crippen LogP contribution in [-0.4, -0.2) is 40.4 Å². The van der Waals surface area contributed by atoms with Crippen LogP contribution < -0.4 is 5.32 Å². The van der Waals surface area contributed by atoms with Crippen molar-refractivity contribution < 1.29 is 9.59 Å². The summed E-state index contributed by atoms with van der Waals surface area (Å²) >= 11 is 0. The van der Waals surface area contributed by atoms with E-state index >= 15 is 0 Å². The van der Waals surface area contributed by atoms with Crippen molar-refractivity contribution in [3.63, 3.8) is 0 Å². The molecule has 5 heteroatoms. The van der Waals surface area contributed by atoms with Crippen molar-refractivity contribution in [3.8, 4) is 11.3 Å². The monoisotopic (exact) mass is 311 g/mol. The average Bonchev–Trinajstić information content (AvgIpc) is 2.87. The minimum Gasteiger partial charge on any atom is -0.354 e. The summed E-state index contributed by atoms with van der Waals surface area (Å²) in [6, 6.07) is 13.3. The van der Waals surface area contributed by atoms with Crippen LogP contribution in [0.2, 0.25) is 0 Å². The highest BCUT2D eigenvalue weighted by Gasteiger charge is 2.29. The zero-order valence-corrected chi connectivity index (χ0v) is 13.5. The zero-order chi connectivity index (χ0) is 16.4. The summed E-state index contributed by atoms with van der Waals surface area (Å²) in [4.78, 5) is 26.5. The van der Waals surface area contributed by atoms with Gasteiger partial charge in [0, 0.05) is 25.8 Å². The first-order chi connectivity index (χ1) is 11.1. The van der Waals surface area contributed by atoms with E-state index in [1.54, 1.807) is 11.8 Å². The fourth-order valence-corrected chi connectivity index (χ4v) is 2.99. The van der Waals surface area contributed by atoms with Crippen molar-refractivity contribution in [1.82, 2.24) is 14.8 Å². The van der Waals surface area contributed by atoms with E-state index in [-0.39, 0.29) is 11.8 Å². The fourth-order valence-electron chi connectivity index (χ4n) is 2.99. The number of carbonyl (C=O) groups is 2. The molecule has 120 valence electrons. The molecule has 1 aliphatic rings. The standard InChI is InChI=1S/C18H21N3O2/c1-13-17(22)19-11-6-12-21(13)18(23)16-10-9-15(20(16)2)14-7-4-3-5-8-14/h3-5,7-10,13H,6,11-12H2,1-2H3,(H,19,22). The normalized spacial score (nSPS) is 18.4. The quantitative estimate of drug-likeness (QED) is 0.923. The number of nitrogens with one attached hydrogen (secondary N) is 1. The van der Waals surface area contributed by atoms with Gasteiger partial charge in [0.15, 0.2) is 0 Å². The number of hydrogen-bond acceptors (Lipinski definition) is 2. The van der Waals surface area contributed by atoms with Gasteiger partial charge in [0.1, 0.15) is 11.7 Å². The van der Waals surface area contributed by atoms with Gasteiger partial charge in [-0.1, -0.05) is 30.3 Å². The van der Waals surface area contributed by atoms with Gasteiger partial charge in [-0.3, -0.25) is 9.59 Å². The Hall–Kier alpha value is -2.56. The van der Waals surface area contributed by atoms with Gasteiger partial charge >= 0.3 is 0 Å². The van der Waals surface area contributed by atoms with Crippen LogP contribution >= 0.6 is 0 Å². The topological polar surface area (TPSA) is 54.3 Å². The van der Waals surface area contributed by atoms with Crippen LogP contribution in [0.25, 0.3) is 11.3 Å². The van der Waals surface area contributed by atoms with Crippen molar-refractivity contribution in [3.05, 3.63) is 48.2 Å². The minimum atomic E-state index is -0.444. The zero-order valence-electron chi connectivity index (χ0n) is 13.5. The first-order valence-corrected chi connectivity index (χ1v) is 7.89. The minimum absolute atomic E-state index is 0.0895. The van der Waals surface area contributed by atoms with Crippen LogP contribution in [0.15, 0.2) is 42.5 Å². The maximum absolute atomic E-state index is 12.9. The third-order valence-electron chi connectivity index (χ3n) is 4.39. The largest absolute Gasteiger partial charge is 0.354 e. The van der Waals surface area contributed by atoms with Gasteiger partial charge in [0.05, 0.1) is 0 Å². The number of benzene rings is 1. The van der Waals surface area contributed by atoms with Crippen LogP contribution in [0.3, 0.4) is 0 Å². The van der Waals surface area contributed by atoms with Crippen molar-refractivity contribution in [1.29, 1.82) is 0 Å². The molecule has 0 spiro atoms. The second kappa shape index (κ2) is 6.28. The van der Waals surface area contributed by atoms with Crippen molar-refractivity contribution in [2.24, 2.45) is 7.05 Å². The predicted molar refractivity (Wildman–Crippen MR) is 89.0 cm³/mol. The molecule has 1 saturated heterocycles. The van der Waals surface area contributed by atoms with Crippen LogP contribution in [0, 0.1) is 0 Å². The maximum Gasteiger partial charge on any atom is 0.271 e. The molecular weight excluding hydrogens is 290 g/mol. The van der Waals surface area contributed by atoms with Crippen molar-refractivity contribution in [2.75, 3.05) is 13.1 Å². The van der Waals surface area contributed by atoms with Gasteiger partial charge in [-0.2, -0.15) is 0 Å². The molecule has 0 saturated carbocycles. The number of carbonyl (C=O) groups excluding carboxylic acids is 2. The van der Waals surface area contributed by atoms with E-state index in [0.717, 1.165) is 17.7 Å². The van der Waals surface area contributed by atoms with E-state index < -0.39 is 6.04 Å². The van der Waals surface area contributed by atoms with E-state index in [1.807, 2.05) is 54.1 Å². The summed E-state index contributed by atoms with van der Waals surface area (Å²) < 4.78 is 1.90. The van der Waals surface area contributed by atoms with Crippen molar-refractivity contribution in [2.45, 2.75) is 19.4 Å². The lowest BCUT2D eigenvalue weighted by atomic mass is 10.2. The Kier molecular flexibility index (Phi) is 4.19. The fraction of sp³-hybridized carbons (Fsp3) is 0.333. The number of nitrogens with zero attached hydrogens (tertiary/aromatic N) is 2. The SMILES string of the molecule is CC1C(=O)NCCCN1C(=O)c1ccc(-c2ccccc2)n1C. The number of amides is 2. The maximum atomic E-state index is 12.9. The number of rotatable bonds is 2. The summed E-state index contributed by atoms with van der Waals surface area (Å²) in [5.74, 6) is -0.187. The van der Waals surface area contributed by atoms with Crippen molar-refractivity contribution >= 4 is 11.8 Å². The Morgan fingerprint density at radius 2 is 1.91 bits per heavy atom. The van der Waals surface area contributed by atoms with Crippen LogP contribution in [-0.2, 0) is 11.8 Å². The molecule has 2 amide bonds. The molecular formula is C18H21N3O2. The smallest absolute Gasteiger partial charge is 0.271 e. The highest BCUT2D eigenvalue weighted by molar-refractivity contribution is 5.97. The molecule has 0 bridgehead atoms. The highest BCUT2D eigenvalue weighted by Crippen LogP contribution is 2.22. The lowest BCUT2D eigenvalue weighted by molar-refractivity contribution is -0.124. The summed E-state index contributed by atoms with van der Waals surface area (Å²) in [6.45, 7) is 2.99. The molecule has 5 nitrogen and oxygen atoms in total. The van der Waals surface area contributed by atoms with E-state index in [9.17, 15) is 9.59 Å². The molecule has 1 aliphatic heterocycles. The lowest BCUT2D eigenvalue weighted by Gasteiger charge is -2.25. The van der Waals surface area contributed by atoms with Gasteiger partial charge in [0.2, 0.25) is 5.91 Å². The molecule has 2 aromatic rings. The highest BCUT2D eigenvalue weighted by atomic mass is 16.2. The molecule has 1 fully saturated rings. The third-order valence-corrected chi connectivity index (χ3v) is 4.39. The summed E-state index contributed by atoms with van der Waals surface area (Å²) in [5, 5.41) is 2.84. The molecule has 1 unspecified atom stereocenters. The predicted octanol–water partition coefficient (Wildman–Crippen LogP) is 2.04. The van der Waals surface area contributed by atoms with Gasteiger partial charge in [-0.05, 0) is 31.0 Å². The first kappa shape index (κ1) is 15.3. The second-order valence-electron chi connectivity index (χ2n) is 5.85. The Balaban J connectivity index is 1.91. The summed E-state index contributed by atoms with van der Waals surface area (Å²) in [5.41, 5.74) is 2.65. The third kappa shape index (κ3) is 2.86. The molecule has 2 heterocycles. The van der Waals surface area contributed by atoms with Crippen LogP contribution in [0.5, 0.6) is 0 Å². The molecule has 23 heavy (non-hydrogen) atoms. The Morgan fingerprint density at radius 3 is 2.65 bits per heavy atom. The molecule has 0 aliphatic carbocycles. The van der Waals surface area contributed by atoms with Gasteiger partial charge in [-0.25, -0.2) is 0 Å². The Bertz CT molecular complexity index is 721. The van der Waals surface area contributed by atoms with Crippen LogP contribution in [0.1, 0.15) is 23.8 Å². The van der Waals surface area contributed by atoms with E-state index in [1.165, 1.54) is 0 Å². The first-order valence-electron chi connectivity index (χ1n) is 7.89. The van der Waals surface area contributed by atoms with Gasteiger partial charge in [-0.15, -0.1) is 0 Å².